The molecular formula is C13H22N2O. The van der Waals surface area contributed by atoms with Gasteiger partial charge in [0.05, 0.1) is 5.92 Å². The van der Waals surface area contributed by atoms with E-state index in [0.29, 0.717) is 11.8 Å². The summed E-state index contributed by atoms with van der Waals surface area (Å²) in [6.45, 7) is 6.20. The van der Waals surface area contributed by atoms with Gasteiger partial charge in [-0.3, -0.25) is 4.79 Å². The Kier molecular flexibility index (Phi) is 2.66. The third-order valence-corrected chi connectivity index (χ3v) is 4.87. The zero-order chi connectivity index (χ0) is 11.1. The van der Waals surface area contributed by atoms with Gasteiger partial charge in [-0.15, -0.1) is 0 Å². The Labute approximate surface area is 97.6 Å². The summed E-state index contributed by atoms with van der Waals surface area (Å²) in [6, 6.07) is 0. The maximum atomic E-state index is 12.4. The van der Waals surface area contributed by atoms with Crippen LogP contribution in [0.2, 0.25) is 0 Å². The number of nitrogens with zero attached hydrogens (tertiary/aromatic N) is 1. The fourth-order valence-electron chi connectivity index (χ4n) is 3.79. The maximum Gasteiger partial charge on any atom is 0.227 e. The number of hydrogen-bond acceptors (Lipinski definition) is 2. The number of fused-ring (bicyclic) bond motifs is 1. The Balaban J connectivity index is 1.63. The number of carbonyl (C=O) groups is 1. The van der Waals surface area contributed by atoms with Crippen LogP contribution in [0.15, 0.2) is 0 Å². The maximum absolute atomic E-state index is 12.4. The van der Waals surface area contributed by atoms with E-state index in [1.54, 1.807) is 0 Å². The Morgan fingerprint density at radius 3 is 2.44 bits per heavy atom. The van der Waals surface area contributed by atoms with E-state index >= 15 is 0 Å². The van der Waals surface area contributed by atoms with Crippen molar-refractivity contribution in [2.45, 2.75) is 26.2 Å². The van der Waals surface area contributed by atoms with Crippen LogP contribution in [0.25, 0.3) is 0 Å². The second kappa shape index (κ2) is 4.02. The van der Waals surface area contributed by atoms with E-state index < -0.39 is 0 Å². The summed E-state index contributed by atoms with van der Waals surface area (Å²) in [5.41, 5.74) is 0. The van der Waals surface area contributed by atoms with Crippen LogP contribution < -0.4 is 5.32 Å². The first-order chi connectivity index (χ1) is 7.75. The number of carbonyl (C=O) groups excluding carboxylic acids is 1. The summed E-state index contributed by atoms with van der Waals surface area (Å²) in [7, 11) is 0. The summed E-state index contributed by atoms with van der Waals surface area (Å²) in [6.07, 6.45) is 4.10. The molecule has 2 unspecified atom stereocenters. The van der Waals surface area contributed by atoms with Gasteiger partial charge in [0.25, 0.3) is 0 Å². The third kappa shape index (κ3) is 1.65. The Bertz CT molecular complexity index is 280. The molecule has 4 atom stereocenters. The van der Waals surface area contributed by atoms with Crippen molar-refractivity contribution in [3.8, 4) is 0 Å². The molecule has 1 amide bonds. The first-order valence-corrected chi connectivity index (χ1v) is 6.75. The minimum atomic E-state index is 0.249. The number of rotatable bonds is 1. The first-order valence-electron chi connectivity index (χ1n) is 6.75. The van der Waals surface area contributed by atoms with E-state index in [1.165, 1.54) is 19.3 Å². The molecule has 0 bridgehead atoms. The van der Waals surface area contributed by atoms with E-state index in [2.05, 4.69) is 17.1 Å². The average Bonchev–Trinajstić information content (AvgIpc) is 2.89. The van der Waals surface area contributed by atoms with Crippen molar-refractivity contribution in [1.29, 1.82) is 0 Å². The molecule has 2 heterocycles. The highest BCUT2D eigenvalue weighted by atomic mass is 16.2. The second-order valence-electron chi connectivity index (χ2n) is 5.94. The fourth-order valence-corrected chi connectivity index (χ4v) is 3.79. The lowest BCUT2D eigenvalue weighted by Gasteiger charge is -2.23. The third-order valence-electron chi connectivity index (χ3n) is 4.87. The zero-order valence-corrected chi connectivity index (χ0v) is 10.1. The van der Waals surface area contributed by atoms with E-state index in [1.807, 2.05) is 0 Å². The highest BCUT2D eigenvalue weighted by molar-refractivity contribution is 5.80. The fraction of sp³-hybridized carbons (Fsp3) is 0.923. The van der Waals surface area contributed by atoms with Gasteiger partial charge in [-0.1, -0.05) is 13.3 Å². The molecule has 3 heteroatoms. The molecule has 0 aromatic heterocycles. The number of amides is 1. The van der Waals surface area contributed by atoms with Gasteiger partial charge >= 0.3 is 0 Å². The van der Waals surface area contributed by atoms with Gasteiger partial charge in [0.15, 0.2) is 0 Å². The van der Waals surface area contributed by atoms with Gasteiger partial charge in [0.2, 0.25) is 5.91 Å². The Hall–Kier alpha value is -0.570. The van der Waals surface area contributed by atoms with Crippen molar-refractivity contribution in [3.63, 3.8) is 0 Å². The minimum Gasteiger partial charge on any atom is -0.342 e. The number of likely N-dealkylation sites (tertiary alicyclic amines) is 1. The topological polar surface area (TPSA) is 32.3 Å². The van der Waals surface area contributed by atoms with Gasteiger partial charge in [0.1, 0.15) is 0 Å². The molecule has 1 saturated carbocycles. The zero-order valence-electron chi connectivity index (χ0n) is 10.1. The predicted octanol–water partition coefficient (Wildman–Crippen LogP) is 1.10. The van der Waals surface area contributed by atoms with Crippen LogP contribution in [-0.2, 0) is 4.79 Å². The van der Waals surface area contributed by atoms with Gasteiger partial charge in [0, 0.05) is 19.6 Å². The summed E-state index contributed by atoms with van der Waals surface area (Å²) >= 11 is 0. The molecular weight excluding hydrogens is 200 g/mol. The number of hydrogen-bond donors (Lipinski definition) is 1. The lowest BCUT2D eigenvalue weighted by Crippen LogP contribution is -2.37. The lowest BCUT2D eigenvalue weighted by atomic mass is 9.97. The molecule has 90 valence electrons. The molecule has 3 fully saturated rings. The minimum absolute atomic E-state index is 0.249. The molecule has 16 heavy (non-hydrogen) atoms. The lowest BCUT2D eigenvalue weighted by molar-refractivity contribution is -0.135. The largest absolute Gasteiger partial charge is 0.342 e. The molecule has 2 saturated heterocycles. The summed E-state index contributed by atoms with van der Waals surface area (Å²) in [4.78, 5) is 14.5. The van der Waals surface area contributed by atoms with Crippen LogP contribution in [0.4, 0.5) is 0 Å². The first kappa shape index (κ1) is 10.6. The molecule has 0 spiro atoms. The normalized spacial score (nSPS) is 42.7. The van der Waals surface area contributed by atoms with Crippen molar-refractivity contribution in [3.05, 3.63) is 0 Å². The van der Waals surface area contributed by atoms with Crippen LogP contribution in [0.1, 0.15) is 26.2 Å². The molecule has 3 rings (SSSR count). The van der Waals surface area contributed by atoms with Gasteiger partial charge < -0.3 is 10.2 Å². The molecule has 3 nitrogen and oxygen atoms in total. The Morgan fingerprint density at radius 2 is 1.88 bits per heavy atom. The quantitative estimate of drug-likeness (QED) is 0.720. The van der Waals surface area contributed by atoms with E-state index in [9.17, 15) is 4.79 Å². The van der Waals surface area contributed by atoms with Gasteiger partial charge in [-0.05, 0) is 37.1 Å². The summed E-state index contributed by atoms with van der Waals surface area (Å²) in [5, 5.41) is 3.33. The van der Waals surface area contributed by atoms with Crippen LogP contribution in [0.3, 0.4) is 0 Å². The van der Waals surface area contributed by atoms with E-state index in [0.717, 1.165) is 38.0 Å². The van der Waals surface area contributed by atoms with Crippen molar-refractivity contribution in [2.24, 2.45) is 23.7 Å². The molecule has 0 aromatic carbocycles. The molecule has 0 aromatic rings. The van der Waals surface area contributed by atoms with Crippen LogP contribution in [0.5, 0.6) is 0 Å². The van der Waals surface area contributed by atoms with Crippen LogP contribution in [-0.4, -0.2) is 37.0 Å². The van der Waals surface area contributed by atoms with Crippen molar-refractivity contribution >= 4 is 5.91 Å². The summed E-state index contributed by atoms with van der Waals surface area (Å²) in [5.74, 6) is 2.85. The predicted molar refractivity (Wildman–Crippen MR) is 62.9 cm³/mol. The molecule has 0 radical (unpaired) electrons. The second-order valence-corrected chi connectivity index (χ2v) is 5.94. The molecule has 2 aliphatic heterocycles. The van der Waals surface area contributed by atoms with Crippen LogP contribution in [0, 0.1) is 23.7 Å². The monoisotopic (exact) mass is 222 g/mol. The van der Waals surface area contributed by atoms with Crippen LogP contribution >= 0.6 is 0 Å². The average molecular weight is 222 g/mol. The molecule has 1 N–H and O–H groups in total. The molecule has 3 aliphatic rings. The van der Waals surface area contributed by atoms with E-state index in [4.69, 9.17) is 0 Å². The SMILES string of the molecule is C[C@@H]1CNC[C@H]1C(=O)N1CC2CCCC2C1. The molecule has 1 aliphatic carbocycles. The summed E-state index contributed by atoms with van der Waals surface area (Å²) < 4.78 is 0. The highest BCUT2D eigenvalue weighted by Gasteiger charge is 2.41. The van der Waals surface area contributed by atoms with Crippen molar-refractivity contribution < 1.29 is 4.79 Å². The highest BCUT2D eigenvalue weighted by Crippen LogP contribution is 2.38. The van der Waals surface area contributed by atoms with Gasteiger partial charge in [-0.25, -0.2) is 0 Å². The number of nitrogens with one attached hydrogen (secondary N) is 1. The Morgan fingerprint density at radius 1 is 1.19 bits per heavy atom. The van der Waals surface area contributed by atoms with Crippen molar-refractivity contribution in [2.75, 3.05) is 26.2 Å². The smallest absolute Gasteiger partial charge is 0.227 e. The van der Waals surface area contributed by atoms with Gasteiger partial charge in [-0.2, -0.15) is 0 Å². The standard InChI is InChI=1S/C13H22N2O/c1-9-5-14-6-12(9)13(16)15-7-10-3-2-4-11(10)8-15/h9-12,14H,2-8H2,1H3/t9-,10?,11?,12-/m1/s1. The van der Waals surface area contributed by atoms with E-state index in [-0.39, 0.29) is 5.92 Å². The van der Waals surface area contributed by atoms with Crippen molar-refractivity contribution in [1.82, 2.24) is 10.2 Å².